The number of methoxy groups -OCH3 is 1. The normalized spacial score (nSPS) is 24.1. The van der Waals surface area contributed by atoms with Gasteiger partial charge in [0.1, 0.15) is 18.3 Å². The number of aliphatic hydroxyl groups excluding tert-OH is 1. The van der Waals surface area contributed by atoms with Crippen molar-refractivity contribution in [3.05, 3.63) is 60.2 Å². The van der Waals surface area contributed by atoms with E-state index >= 15 is 0 Å². The number of rotatable bonds is 12. The maximum absolute atomic E-state index is 13.5. The molecule has 2 aromatic carbocycles. The summed E-state index contributed by atoms with van der Waals surface area (Å²) in [6.45, 7) is 4.23. The van der Waals surface area contributed by atoms with E-state index in [1.54, 1.807) is 7.11 Å². The molecule has 0 unspecified atom stereocenters. The number of ether oxygens (including phenoxy) is 4. The van der Waals surface area contributed by atoms with E-state index in [0.29, 0.717) is 12.3 Å². The van der Waals surface area contributed by atoms with E-state index in [2.05, 4.69) is 5.32 Å². The predicted molar refractivity (Wildman–Crippen MR) is 148 cm³/mol. The number of aliphatic hydroxyl groups is 1. The second-order valence-corrected chi connectivity index (χ2v) is 12.5. The Morgan fingerprint density at radius 3 is 2.30 bits per heavy atom. The van der Waals surface area contributed by atoms with Crippen LogP contribution in [0.15, 0.2) is 59.5 Å². The van der Waals surface area contributed by atoms with Crippen LogP contribution in [0.4, 0.5) is 10.5 Å². The second-order valence-electron chi connectivity index (χ2n) is 10.6. The summed E-state index contributed by atoms with van der Waals surface area (Å²) in [4.78, 5) is 13.1. The lowest BCUT2D eigenvalue weighted by Gasteiger charge is -2.31. The van der Waals surface area contributed by atoms with E-state index in [1.807, 2.05) is 44.2 Å². The van der Waals surface area contributed by atoms with Gasteiger partial charge < -0.3 is 35.1 Å². The summed E-state index contributed by atoms with van der Waals surface area (Å²) in [5.74, 6) is -0.0149. The quantitative estimate of drug-likeness (QED) is 0.321. The van der Waals surface area contributed by atoms with Crippen LogP contribution < -0.4 is 11.1 Å². The highest BCUT2D eigenvalue weighted by atomic mass is 32.2. The Morgan fingerprint density at radius 1 is 1.05 bits per heavy atom. The lowest BCUT2D eigenvalue weighted by molar-refractivity contribution is -0.0214. The monoisotopic (exact) mass is 577 g/mol. The van der Waals surface area contributed by atoms with Crippen molar-refractivity contribution in [2.75, 3.05) is 39.1 Å². The Balaban J connectivity index is 1.50. The number of nitrogen functional groups attached to an aromatic ring is 1. The maximum atomic E-state index is 13.5. The molecule has 40 heavy (non-hydrogen) atoms. The molecule has 2 heterocycles. The minimum atomic E-state index is -3.95. The van der Waals surface area contributed by atoms with Gasteiger partial charge in [-0.2, -0.15) is 4.31 Å². The van der Waals surface area contributed by atoms with Crippen LogP contribution in [0.2, 0.25) is 0 Å². The number of hydrogen-bond donors (Lipinski definition) is 3. The molecule has 0 aromatic heterocycles. The first-order valence-corrected chi connectivity index (χ1v) is 14.8. The number of amides is 1. The molecule has 12 heteroatoms. The van der Waals surface area contributed by atoms with E-state index in [4.69, 9.17) is 24.7 Å². The fourth-order valence-corrected chi connectivity index (χ4v) is 6.63. The number of hydrogen-bond acceptors (Lipinski definition) is 9. The highest BCUT2D eigenvalue weighted by molar-refractivity contribution is 7.89. The molecule has 11 nitrogen and oxygen atoms in total. The Hall–Kier alpha value is -2.74. The molecule has 2 saturated heterocycles. The molecule has 4 N–H and O–H groups in total. The number of fused-ring (bicyclic) bond motifs is 1. The van der Waals surface area contributed by atoms with Crippen LogP contribution in [0.1, 0.15) is 19.4 Å². The number of anilines is 1. The Kier molecular flexibility index (Phi) is 10.0. The van der Waals surface area contributed by atoms with Gasteiger partial charge in [0.05, 0.1) is 30.3 Å². The Bertz CT molecular complexity index is 1210. The molecule has 0 bridgehead atoms. The Morgan fingerprint density at radius 2 is 1.68 bits per heavy atom. The first-order valence-electron chi connectivity index (χ1n) is 13.4. The number of benzene rings is 2. The zero-order valence-corrected chi connectivity index (χ0v) is 23.8. The summed E-state index contributed by atoms with van der Waals surface area (Å²) < 4.78 is 50.8. The molecule has 1 amide bonds. The van der Waals surface area contributed by atoms with E-state index < -0.39 is 40.5 Å². The number of carbonyl (C=O) groups is 1. The molecule has 0 radical (unpaired) electrons. The van der Waals surface area contributed by atoms with Crippen molar-refractivity contribution in [2.24, 2.45) is 5.92 Å². The third-order valence-corrected chi connectivity index (χ3v) is 8.91. The van der Waals surface area contributed by atoms with Crippen molar-refractivity contribution in [2.45, 2.75) is 61.7 Å². The van der Waals surface area contributed by atoms with Gasteiger partial charge in [0.15, 0.2) is 6.10 Å². The Labute approximate surface area is 235 Å². The predicted octanol–water partition coefficient (Wildman–Crippen LogP) is 1.80. The summed E-state index contributed by atoms with van der Waals surface area (Å²) in [5.41, 5.74) is 7.05. The van der Waals surface area contributed by atoms with Gasteiger partial charge in [-0.3, -0.25) is 0 Å². The number of alkyl carbamates (subject to hydrolysis) is 1. The van der Waals surface area contributed by atoms with Crippen LogP contribution in [0.25, 0.3) is 0 Å². The maximum Gasteiger partial charge on any atom is 0.407 e. The molecule has 0 spiro atoms. The van der Waals surface area contributed by atoms with Gasteiger partial charge >= 0.3 is 6.09 Å². The van der Waals surface area contributed by atoms with Gasteiger partial charge in [-0.05, 0) is 42.2 Å². The molecule has 0 saturated carbocycles. The minimum Gasteiger partial charge on any atom is -0.441 e. The highest BCUT2D eigenvalue weighted by Gasteiger charge is 2.50. The number of nitrogens with one attached hydrogen (secondary N) is 1. The summed E-state index contributed by atoms with van der Waals surface area (Å²) >= 11 is 0. The fourth-order valence-electron chi connectivity index (χ4n) is 5.01. The summed E-state index contributed by atoms with van der Waals surface area (Å²) in [7, 11) is -2.37. The van der Waals surface area contributed by atoms with Crippen molar-refractivity contribution in [3.8, 4) is 0 Å². The second kappa shape index (κ2) is 13.3. The number of nitrogens with two attached hydrogens (primary N) is 1. The number of sulfonamides is 1. The molecule has 220 valence electrons. The van der Waals surface area contributed by atoms with E-state index in [9.17, 15) is 18.3 Å². The van der Waals surface area contributed by atoms with E-state index in [1.165, 1.54) is 28.6 Å². The molecule has 2 fully saturated rings. The van der Waals surface area contributed by atoms with Crippen molar-refractivity contribution < 1.29 is 37.3 Å². The molecule has 6 atom stereocenters. The first kappa shape index (κ1) is 30.2. The van der Waals surface area contributed by atoms with Gasteiger partial charge in [0, 0.05) is 25.9 Å². The average Bonchev–Trinajstić information content (AvgIpc) is 3.51. The topological polar surface area (TPSA) is 150 Å². The minimum absolute atomic E-state index is 0.0149. The van der Waals surface area contributed by atoms with E-state index in [0.717, 1.165) is 5.56 Å². The van der Waals surface area contributed by atoms with Gasteiger partial charge in [0.2, 0.25) is 10.0 Å². The van der Waals surface area contributed by atoms with Gasteiger partial charge in [-0.15, -0.1) is 0 Å². The highest BCUT2D eigenvalue weighted by Crippen LogP contribution is 2.30. The standard InChI is InChI=1S/C28H39N3O8S/c1-18(2)14-31(40(34,35)21-11-9-20(29)10-12-21)15-23(32)22(13-19-7-5-4-6-8-19)30-28(33)39-25-17-38-26-24(36-3)16-37-27(25)26/h4-12,18,22-27,32H,13-17,29H2,1-3H3,(H,30,33)/t22-,23+,24+,25-,26+,27+/m0/s1. The molecule has 4 rings (SSSR count). The number of carbonyl (C=O) groups excluding carboxylic acids is 1. The summed E-state index contributed by atoms with van der Waals surface area (Å²) in [6, 6.07) is 14.4. The third kappa shape index (κ3) is 7.31. The van der Waals surface area contributed by atoms with Crippen molar-refractivity contribution >= 4 is 21.8 Å². The van der Waals surface area contributed by atoms with Crippen molar-refractivity contribution in [1.29, 1.82) is 0 Å². The lowest BCUT2D eigenvalue weighted by atomic mass is 10.0. The van der Waals surface area contributed by atoms with Crippen LogP contribution >= 0.6 is 0 Å². The lowest BCUT2D eigenvalue weighted by Crippen LogP contribution is -2.52. The molecular weight excluding hydrogens is 538 g/mol. The zero-order valence-electron chi connectivity index (χ0n) is 23.0. The number of nitrogens with zero attached hydrogens (tertiary/aromatic N) is 1. The average molecular weight is 578 g/mol. The zero-order chi connectivity index (χ0) is 28.9. The summed E-state index contributed by atoms with van der Waals surface area (Å²) in [6.07, 6.45) is -3.38. The SMILES string of the molecule is CO[C@@H]1CO[C@H]2[C@@H]1OC[C@@H]2OC(=O)N[C@@H](Cc1ccccc1)[C@H](O)CN(CC(C)C)S(=O)(=O)c1ccc(N)cc1. The fraction of sp³-hybridized carbons (Fsp3) is 0.536. The van der Waals surface area contributed by atoms with Crippen LogP contribution in [-0.4, -0.2) is 93.9 Å². The smallest absolute Gasteiger partial charge is 0.407 e. The molecule has 0 aliphatic carbocycles. The van der Waals surface area contributed by atoms with Crippen molar-refractivity contribution in [1.82, 2.24) is 9.62 Å². The van der Waals surface area contributed by atoms with Crippen molar-refractivity contribution in [3.63, 3.8) is 0 Å². The first-order chi connectivity index (χ1) is 19.1. The van der Waals surface area contributed by atoms with Gasteiger partial charge in [-0.1, -0.05) is 44.2 Å². The summed E-state index contributed by atoms with van der Waals surface area (Å²) in [5, 5.41) is 14.1. The largest absolute Gasteiger partial charge is 0.441 e. The van der Waals surface area contributed by atoms with Crippen LogP contribution in [0.3, 0.4) is 0 Å². The molecule has 2 aromatic rings. The third-order valence-electron chi connectivity index (χ3n) is 7.07. The molecule has 2 aliphatic rings. The van der Waals surface area contributed by atoms with Crippen LogP contribution in [0, 0.1) is 5.92 Å². The van der Waals surface area contributed by atoms with E-state index in [-0.39, 0.29) is 49.1 Å². The van der Waals surface area contributed by atoms with Crippen LogP contribution in [-0.2, 0) is 35.4 Å². The van der Waals surface area contributed by atoms with Gasteiger partial charge in [0.25, 0.3) is 0 Å². The molecule has 2 aliphatic heterocycles. The van der Waals surface area contributed by atoms with Crippen LogP contribution in [0.5, 0.6) is 0 Å². The molecular formula is C28H39N3O8S. The van der Waals surface area contributed by atoms with Gasteiger partial charge in [-0.25, -0.2) is 13.2 Å².